The molecule has 0 bridgehead atoms. The summed E-state index contributed by atoms with van der Waals surface area (Å²) in [5, 5.41) is 19.1. The number of hydrogen-bond donors (Lipinski definition) is 2. The first kappa shape index (κ1) is 15.8. The fourth-order valence-corrected chi connectivity index (χ4v) is 3.40. The third kappa shape index (κ3) is 3.33. The van der Waals surface area contributed by atoms with E-state index in [0.29, 0.717) is 20.3 Å². The third-order valence-electron chi connectivity index (χ3n) is 3.25. The molecule has 0 unspecified atom stereocenters. The lowest BCUT2D eigenvalue weighted by Crippen LogP contribution is -1.92. The summed E-state index contributed by atoms with van der Waals surface area (Å²) in [7, 11) is 0. The number of phenols is 2. The molecule has 2 N–H and O–H groups in total. The Morgan fingerprint density at radius 3 is 2.22 bits per heavy atom. The molecular weight excluding hydrogens is 428 g/mol. The summed E-state index contributed by atoms with van der Waals surface area (Å²) in [4.78, 5) is 11.6. The number of cyclic esters (lactones) is 1. The van der Waals surface area contributed by atoms with Crippen LogP contribution >= 0.6 is 31.9 Å². The minimum atomic E-state index is -0.448. The van der Waals surface area contributed by atoms with Crippen LogP contribution in [-0.2, 0) is 9.53 Å². The van der Waals surface area contributed by atoms with E-state index < -0.39 is 5.97 Å². The second kappa shape index (κ2) is 6.22. The summed E-state index contributed by atoms with van der Waals surface area (Å²) in [6.07, 6.45) is 3.11. The van der Waals surface area contributed by atoms with Crippen LogP contribution in [0.3, 0.4) is 0 Å². The van der Waals surface area contributed by atoms with Crippen molar-refractivity contribution in [1.29, 1.82) is 0 Å². The second-order valence-corrected chi connectivity index (χ2v) is 6.58. The number of rotatable bonds is 2. The van der Waals surface area contributed by atoms with Crippen LogP contribution in [0.15, 0.2) is 57.2 Å². The molecule has 0 aromatic heterocycles. The Morgan fingerprint density at radius 2 is 1.61 bits per heavy atom. The van der Waals surface area contributed by atoms with Crippen molar-refractivity contribution in [2.45, 2.75) is 0 Å². The van der Waals surface area contributed by atoms with E-state index in [1.54, 1.807) is 42.5 Å². The van der Waals surface area contributed by atoms with E-state index in [0.717, 1.165) is 11.1 Å². The number of phenolic OH excluding ortho intramolecular Hbond substituents is 2. The zero-order valence-corrected chi connectivity index (χ0v) is 14.8. The molecule has 1 aliphatic heterocycles. The molecular formula is C17H10Br2O4. The topological polar surface area (TPSA) is 66.8 Å². The molecule has 2 aromatic rings. The molecule has 0 aliphatic carbocycles. The second-order valence-electron chi connectivity index (χ2n) is 4.87. The Morgan fingerprint density at radius 1 is 1.00 bits per heavy atom. The van der Waals surface area contributed by atoms with E-state index in [1.807, 2.05) is 0 Å². The standard InChI is InChI=1S/C17H10Br2O4/c18-13-5-9(6-14(19)17(13)22)7-15-12(8-16(21)23-15)10-1-3-11(20)4-2-10/h1-8,20,22H/b15-7-. The largest absolute Gasteiger partial charge is 0.508 e. The van der Waals surface area contributed by atoms with Crippen molar-refractivity contribution in [3.8, 4) is 11.5 Å². The maximum Gasteiger partial charge on any atom is 0.336 e. The van der Waals surface area contributed by atoms with E-state index in [4.69, 9.17) is 4.74 Å². The Hall–Kier alpha value is -2.05. The molecule has 4 nitrogen and oxygen atoms in total. The van der Waals surface area contributed by atoms with Gasteiger partial charge in [0.1, 0.15) is 17.3 Å². The summed E-state index contributed by atoms with van der Waals surface area (Å²) in [5.41, 5.74) is 2.14. The fraction of sp³-hybridized carbons (Fsp3) is 0. The first-order valence-corrected chi connectivity index (χ1v) is 8.15. The minimum Gasteiger partial charge on any atom is -0.508 e. The van der Waals surface area contributed by atoms with Crippen molar-refractivity contribution in [2.24, 2.45) is 0 Å². The van der Waals surface area contributed by atoms with Gasteiger partial charge in [0, 0.05) is 11.6 Å². The summed E-state index contributed by atoms with van der Waals surface area (Å²) in [5.74, 6) is 0.211. The van der Waals surface area contributed by atoms with Crippen LogP contribution in [0.1, 0.15) is 11.1 Å². The zero-order valence-electron chi connectivity index (χ0n) is 11.6. The van der Waals surface area contributed by atoms with Gasteiger partial charge in [0.05, 0.1) is 8.95 Å². The third-order valence-corrected chi connectivity index (χ3v) is 4.46. The van der Waals surface area contributed by atoms with Crippen molar-refractivity contribution in [2.75, 3.05) is 0 Å². The van der Waals surface area contributed by atoms with Gasteiger partial charge in [-0.1, -0.05) is 12.1 Å². The predicted molar refractivity (Wildman–Crippen MR) is 93.7 cm³/mol. The number of aromatic hydroxyl groups is 2. The lowest BCUT2D eigenvalue weighted by Gasteiger charge is -2.07. The highest BCUT2D eigenvalue weighted by molar-refractivity contribution is 9.11. The van der Waals surface area contributed by atoms with E-state index in [1.165, 1.54) is 6.08 Å². The summed E-state index contributed by atoms with van der Waals surface area (Å²) >= 11 is 6.53. The lowest BCUT2D eigenvalue weighted by molar-refractivity contribution is -0.132. The molecule has 3 rings (SSSR count). The van der Waals surface area contributed by atoms with Crippen molar-refractivity contribution >= 4 is 49.5 Å². The van der Waals surface area contributed by atoms with Gasteiger partial charge in [-0.25, -0.2) is 4.79 Å². The normalized spacial score (nSPS) is 15.7. The van der Waals surface area contributed by atoms with Crippen LogP contribution in [0.2, 0.25) is 0 Å². The Balaban J connectivity index is 2.03. The maximum atomic E-state index is 11.6. The van der Waals surface area contributed by atoms with E-state index in [2.05, 4.69) is 31.9 Å². The van der Waals surface area contributed by atoms with Gasteiger partial charge in [-0.3, -0.25) is 0 Å². The Labute approximate surface area is 149 Å². The molecule has 1 aliphatic rings. The highest BCUT2D eigenvalue weighted by atomic mass is 79.9. The van der Waals surface area contributed by atoms with Crippen LogP contribution in [0.25, 0.3) is 11.6 Å². The SMILES string of the molecule is O=C1C=C(c2ccc(O)cc2)/C(=C/c2cc(Br)c(O)c(Br)c2)O1. The first-order valence-electron chi connectivity index (χ1n) is 6.57. The number of allylic oxidation sites excluding steroid dienone is 1. The number of benzene rings is 2. The predicted octanol–water partition coefficient (Wildman–Crippen LogP) is 4.60. The molecule has 0 spiro atoms. The summed E-state index contributed by atoms with van der Waals surface area (Å²) in [6.45, 7) is 0. The molecule has 0 saturated heterocycles. The van der Waals surface area contributed by atoms with Crippen LogP contribution in [0, 0.1) is 0 Å². The Kier molecular flexibility index (Phi) is 4.28. The van der Waals surface area contributed by atoms with Gasteiger partial charge < -0.3 is 14.9 Å². The quantitative estimate of drug-likeness (QED) is 0.673. The minimum absolute atomic E-state index is 0.102. The van der Waals surface area contributed by atoms with E-state index in [9.17, 15) is 15.0 Å². The smallest absolute Gasteiger partial charge is 0.336 e. The number of carbonyl (C=O) groups is 1. The number of carbonyl (C=O) groups excluding carboxylic acids is 1. The molecule has 0 fully saturated rings. The molecule has 0 amide bonds. The number of halogens is 2. The average molecular weight is 438 g/mol. The summed E-state index contributed by atoms with van der Waals surface area (Å²) < 4.78 is 6.30. The van der Waals surface area contributed by atoms with Gasteiger partial charge in [-0.05, 0) is 73.3 Å². The van der Waals surface area contributed by atoms with Crippen LogP contribution in [-0.4, -0.2) is 16.2 Å². The first-order chi connectivity index (χ1) is 10.9. The van der Waals surface area contributed by atoms with Crippen LogP contribution in [0.4, 0.5) is 0 Å². The zero-order chi connectivity index (χ0) is 16.6. The number of ether oxygens (including phenoxy) is 1. The molecule has 1 heterocycles. The van der Waals surface area contributed by atoms with Gasteiger partial charge in [0.2, 0.25) is 0 Å². The van der Waals surface area contributed by atoms with Gasteiger partial charge in [-0.2, -0.15) is 0 Å². The van der Waals surface area contributed by atoms with Crippen LogP contribution in [0.5, 0.6) is 11.5 Å². The molecule has 0 saturated carbocycles. The Bertz CT molecular complexity index is 828. The van der Waals surface area contributed by atoms with Crippen molar-refractivity contribution in [3.05, 3.63) is 68.3 Å². The maximum absolute atomic E-state index is 11.6. The average Bonchev–Trinajstić information content (AvgIpc) is 2.86. The fourth-order valence-electron chi connectivity index (χ4n) is 2.18. The molecule has 0 radical (unpaired) electrons. The van der Waals surface area contributed by atoms with Gasteiger partial charge in [0.25, 0.3) is 0 Å². The van der Waals surface area contributed by atoms with Gasteiger partial charge in [-0.15, -0.1) is 0 Å². The molecule has 116 valence electrons. The molecule has 6 heteroatoms. The van der Waals surface area contributed by atoms with Crippen molar-refractivity contribution in [1.82, 2.24) is 0 Å². The molecule has 0 atom stereocenters. The highest BCUT2D eigenvalue weighted by Gasteiger charge is 2.21. The van der Waals surface area contributed by atoms with Crippen LogP contribution < -0.4 is 0 Å². The molecule has 23 heavy (non-hydrogen) atoms. The number of hydrogen-bond acceptors (Lipinski definition) is 4. The summed E-state index contributed by atoms with van der Waals surface area (Å²) in [6, 6.07) is 9.94. The van der Waals surface area contributed by atoms with Gasteiger partial charge in [0.15, 0.2) is 0 Å². The van der Waals surface area contributed by atoms with Crippen molar-refractivity contribution < 1.29 is 19.7 Å². The highest BCUT2D eigenvalue weighted by Crippen LogP contribution is 2.36. The van der Waals surface area contributed by atoms with E-state index >= 15 is 0 Å². The van der Waals surface area contributed by atoms with Gasteiger partial charge >= 0.3 is 5.97 Å². The monoisotopic (exact) mass is 436 g/mol. The molecule has 2 aromatic carbocycles. The van der Waals surface area contributed by atoms with E-state index in [-0.39, 0.29) is 11.5 Å². The number of esters is 1. The lowest BCUT2D eigenvalue weighted by atomic mass is 10.0. The van der Waals surface area contributed by atoms with Crippen molar-refractivity contribution in [3.63, 3.8) is 0 Å².